The van der Waals surface area contributed by atoms with Crippen LogP contribution in [0.25, 0.3) is 10.9 Å². The van der Waals surface area contributed by atoms with Gasteiger partial charge in [0.2, 0.25) is 5.56 Å². The predicted molar refractivity (Wildman–Crippen MR) is 169 cm³/mol. The third kappa shape index (κ3) is 8.10. The van der Waals surface area contributed by atoms with Gasteiger partial charge in [0, 0.05) is 17.0 Å². The summed E-state index contributed by atoms with van der Waals surface area (Å²) in [7, 11) is -1.07. The molecule has 0 aliphatic heterocycles. The molecule has 0 aliphatic carbocycles. The van der Waals surface area contributed by atoms with E-state index in [2.05, 4.69) is 38.8 Å². The lowest BCUT2D eigenvalue weighted by Gasteiger charge is -2.41. The Hall–Kier alpha value is -3.54. The van der Waals surface area contributed by atoms with Gasteiger partial charge in [-0.25, -0.2) is 9.59 Å². The van der Waals surface area contributed by atoms with Gasteiger partial charge < -0.3 is 34.0 Å². The average molecular weight is 633 g/mol. The minimum Gasteiger partial charge on any atom is -0.506 e. The van der Waals surface area contributed by atoms with Crippen molar-refractivity contribution in [3.05, 3.63) is 68.5 Å². The van der Waals surface area contributed by atoms with Gasteiger partial charge in [0.15, 0.2) is 8.32 Å². The molecule has 0 saturated heterocycles. The number of halogens is 1. The van der Waals surface area contributed by atoms with E-state index < -0.39 is 32.1 Å². The molecule has 0 bridgehead atoms. The SMILES string of the molecule is COc1cc(C(=O)O)c(Cl)cc1CN(C[C@H](O[Si](C)(C)C(C)(C)C)c1ccc(O)c2[nH]c(=O)ccc12)C(=O)OC(C)(C)C. The molecule has 2 aromatic carbocycles. The van der Waals surface area contributed by atoms with Crippen LogP contribution in [0.4, 0.5) is 4.79 Å². The highest BCUT2D eigenvalue weighted by Gasteiger charge is 2.41. The zero-order valence-corrected chi connectivity index (χ0v) is 27.9. The molecular formula is C31H41ClN2O8Si. The first-order chi connectivity index (χ1) is 19.7. The molecule has 0 spiro atoms. The van der Waals surface area contributed by atoms with Crippen LogP contribution in [-0.4, -0.2) is 59.7 Å². The van der Waals surface area contributed by atoms with E-state index >= 15 is 0 Å². The maximum absolute atomic E-state index is 13.7. The average Bonchev–Trinajstić information content (AvgIpc) is 2.86. The topological polar surface area (TPSA) is 138 Å². The fourth-order valence-corrected chi connectivity index (χ4v) is 5.81. The lowest BCUT2D eigenvalue weighted by atomic mass is 10.0. The molecule has 12 heteroatoms. The minimum absolute atomic E-state index is 0.00463. The number of ether oxygens (including phenoxy) is 2. The van der Waals surface area contributed by atoms with Crippen molar-refractivity contribution in [1.29, 1.82) is 0 Å². The Labute approximate surface area is 257 Å². The second-order valence-electron chi connectivity index (χ2n) is 13.0. The number of nitrogens with zero attached hydrogens (tertiary/aromatic N) is 1. The van der Waals surface area contributed by atoms with Crippen molar-refractivity contribution in [2.45, 2.75) is 77.9 Å². The summed E-state index contributed by atoms with van der Waals surface area (Å²) < 4.78 is 18.2. The second-order valence-corrected chi connectivity index (χ2v) is 18.1. The standard InChI is InChI=1S/C31H41ClN2O8Si/c1-30(2,3)41-29(39)34(16-18-14-22(32)21(28(37)38)15-24(18)40-7)17-25(42-43(8,9)31(4,5)6)19-10-12-23(35)27-20(19)11-13-26(36)33-27/h10-15,25,35H,16-17H2,1-9H3,(H,33,36)(H,37,38)/t25-/m0/s1. The number of hydrogen-bond acceptors (Lipinski definition) is 7. The van der Waals surface area contributed by atoms with E-state index in [1.54, 1.807) is 32.9 Å². The predicted octanol–water partition coefficient (Wildman–Crippen LogP) is 7.09. The van der Waals surface area contributed by atoms with Crippen LogP contribution in [-0.2, 0) is 15.7 Å². The maximum Gasteiger partial charge on any atom is 0.410 e. The van der Waals surface area contributed by atoms with Crippen molar-refractivity contribution in [2.24, 2.45) is 0 Å². The molecule has 0 saturated carbocycles. The van der Waals surface area contributed by atoms with Gasteiger partial charge in [-0.2, -0.15) is 0 Å². The molecule has 1 amide bonds. The van der Waals surface area contributed by atoms with Gasteiger partial charge in [0.25, 0.3) is 0 Å². The number of aromatic hydroxyl groups is 1. The van der Waals surface area contributed by atoms with E-state index in [-0.39, 0.29) is 51.3 Å². The van der Waals surface area contributed by atoms with Crippen LogP contribution in [0.15, 0.2) is 41.2 Å². The van der Waals surface area contributed by atoms with Crippen LogP contribution in [0.3, 0.4) is 0 Å². The fraction of sp³-hybridized carbons (Fsp3) is 0.452. The number of phenolic OH excluding ortho intramolecular Hbond substituents is 1. The summed E-state index contributed by atoms with van der Waals surface area (Å²) in [6.07, 6.45) is -1.34. The number of carboxylic acids is 1. The van der Waals surface area contributed by atoms with Gasteiger partial charge >= 0.3 is 12.1 Å². The number of carboxylic acid groups (broad SMARTS) is 1. The summed E-state index contributed by atoms with van der Waals surface area (Å²) in [6, 6.07) is 8.99. The van der Waals surface area contributed by atoms with Crippen molar-refractivity contribution in [1.82, 2.24) is 9.88 Å². The first-order valence-corrected chi connectivity index (χ1v) is 17.1. The number of aromatic carboxylic acids is 1. The lowest BCUT2D eigenvalue weighted by molar-refractivity contribution is 0.0136. The molecule has 3 aromatic rings. The van der Waals surface area contributed by atoms with Crippen molar-refractivity contribution in [3.63, 3.8) is 0 Å². The van der Waals surface area contributed by atoms with Crippen molar-refractivity contribution in [2.75, 3.05) is 13.7 Å². The summed E-state index contributed by atoms with van der Waals surface area (Å²) >= 11 is 6.31. The van der Waals surface area contributed by atoms with Gasteiger partial charge in [0.05, 0.1) is 42.4 Å². The van der Waals surface area contributed by atoms with Gasteiger partial charge in [-0.15, -0.1) is 0 Å². The number of amides is 1. The summed E-state index contributed by atoms with van der Waals surface area (Å²) in [5.74, 6) is -1.06. The fourth-order valence-electron chi connectivity index (χ4n) is 4.28. The Morgan fingerprint density at radius 1 is 1.07 bits per heavy atom. The van der Waals surface area contributed by atoms with Gasteiger partial charge in [-0.1, -0.05) is 38.4 Å². The smallest absolute Gasteiger partial charge is 0.410 e. The largest absolute Gasteiger partial charge is 0.506 e. The van der Waals surface area contributed by atoms with Crippen LogP contribution in [0.5, 0.6) is 11.5 Å². The van der Waals surface area contributed by atoms with E-state index in [9.17, 15) is 24.6 Å². The number of carbonyl (C=O) groups is 2. The summed E-state index contributed by atoms with van der Waals surface area (Å²) in [5, 5.41) is 20.5. The third-order valence-electron chi connectivity index (χ3n) is 7.50. The zero-order chi connectivity index (χ0) is 32.5. The number of fused-ring (bicyclic) bond motifs is 1. The zero-order valence-electron chi connectivity index (χ0n) is 26.1. The molecule has 0 unspecified atom stereocenters. The number of pyridine rings is 1. The number of H-pyrrole nitrogens is 1. The van der Waals surface area contributed by atoms with Gasteiger partial charge in [-0.3, -0.25) is 4.79 Å². The maximum atomic E-state index is 13.7. The van der Waals surface area contributed by atoms with Crippen LogP contribution in [0.2, 0.25) is 23.2 Å². The Bertz CT molecular complexity index is 1570. The third-order valence-corrected chi connectivity index (χ3v) is 12.3. The van der Waals surface area contributed by atoms with E-state index in [4.69, 9.17) is 25.5 Å². The van der Waals surface area contributed by atoms with Gasteiger partial charge in [0.1, 0.15) is 17.1 Å². The van der Waals surface area contributed by atoms with E-state index in [0.29, 0.717) is 16.5 Å². The molecule has 1 aromatic heterocycles. The Morgan fingerprint density at radius 2 is 1.72 bits per heavy atom. The highest BCUT2D eigenvalue weighted by atomic mass is 35.5. The molecule has 0 aliphatic rings. The number of phenols is 1. The molecule has 0 radical (unpaired) electrons. The summed E-state index contributed by atoms with van der Waals surface area (Å²) in [5.41, 5.74) is 0.0733. The number of aromatic amines is 1. The number of rotatable bonds is 9. The van der Waals surface area contributed by atoms with E-state index in [0.717, 1.165) is 0 Å². The minimum atomic E-state index is -2.47. The first kappa shape index (κ1) is 34.0. The molecule has 3 rings (SSSR count). The molecular weight excluding hydrogens is 592 g/mol. The number of methoxy groups -OCH3 is 1. The van der Waals surface area contributed by atoms with Gasteiger partial charge in [-0.05, 0) is 68.7 Å². The quantitative estimate of drug-likeness (QED) is 0.212. The monoisotopic (exact) mass is 632 g/mol. The normalized spacial score (nSPS) is 13.1. The van der Waals surface area contributed by atoms with Crippen molar-refractivity contribution >= 4 is 42.9 Å². The first-order valence-electron chi connectivity index (χ1n) is 13.8. The number of benzene rings is 2. The molecule has 1 heterocycles. The number of carbonyl (C=O) groups excluding carboxylic acids is 1. The molecule has 0 fully saturated rings. The number of hydrogen-bond donors (Lipinski definition) is 3. The number of aromatic nitrogens is 1. The number of nitrogens with one attached hydrogen (secondary N) is 1. The molecule has 43 heavy (non-hydrogen) atoms. The van der Waals surface area contributed by atoms with E-state index in [1.165, 1.54) is 36.3 Å². The van der Waals surface area contributed by atoms with E-state index in [1.807, 2.05) is 0 Å². The highest BCUT2D eigenvalue weighted by molar-refractivity contribution is 6.74. The molecule has 1 atom stereocenters. The Kier molecular flexibility index (Phi) is 9.94. The van der Waals surface area contributed by atoms with Crippen molar-refractivity contribution in [3.8, 4) is 11.5 Å². The highest BCUT2D eigenvalue weighted by Crippen LogP contribution is 2.42. The Balaban J connectivity index is 2.21. The van der Waals surface area contributed by atoms with Crippen LogP contribution < -0.4 is 10.3 Å². The Morgan fingerprint density at radius 3 is 2.28 bits per heavy atom. The second kappa shape index (κ2) is 12.6. The lowest BCUT2D eigenvalue weighted by Crippen LogP contribution is -2.45. The summed E-state index contributed by atoms with van der Waals surface area (Å²) in [4.78, 5) is 41.7. The molecule has 3 N–H and O–H groups in total. The van der Waals surface area contributed by atoms with Crippen LogP contribution >= 0.6 is 11.6 Å². The molecule has 10 nitrogen and oxygen atoms in total. The van der Waals surface area contributed by atoms with Crippen LogP contribution in [0.1, 0.15) is 69.1 Å². The van der Waals surface area contributed by atoms with Crippen molar-refractivity contribution < 1.29 is 33.7 Å². The van der Waals surface area contributed by atoms with Crippen LogP contribution in [0, 0.1) is 0 Å². The summed E-state index contributed by atoms with van der Waals surface area (Å²) in [6.45, 7) is 15.7. The molecule has 234 valence electrons.